The second-order valence-corrected chi connectivity index (χ2v) is 7.91. The van der Waals surface area contributed by atoms with Gasteiger partial charge in [-0.1, -0.05) is 73.2 Å². The molecule has 156 valence electrons. The summed E-state index contributed by atoms with van der Waals surface area (Å²) < 4.78 is 0. The van der Waals surface area contributed by atoms with Gasteiger partial charge >= 0.3 is 0 Å². The van der Waals surface area contributed by atoms with E-state index in [1.54, 1.807) is 12.1 Å². The molecule has 1 amide bonds. The van der Waals surface area contributed by atoms with Crippen LogP contribution in [-0.4, -0.2) is 16.8 Å². The predicted molar refractivity (Wildman–Crippen MR) is 123 cm³/mol. The molecule has 0 bridgehead atoms. The van der Waals surface area contributed by atoms with Gasteiger partial charge in [-0.05, 0) is 49.1 Å². The zero-order chi connectivity index (χ0) is 22.1. The molecule has 1 aliphatic rings. The topological polar surface area (TPSA) is 57.6 Å². The molecule has 1 N–H and O–H groups in total. The van der Waals surface area contributed by atoms with E-state index < -0.39 is 17.7 Å². The van der Waals surface area contributed by atoms with Crippen molar-refractivity contribution >= 4 is 23.1 Å². The number of aliphatic hydroxyl groups excluding tert-OH is 1. The minimum absolute atomic E-state index is 0.115. The molecule has 0 spiro atoms. The molecular formula is C27H25NO3. The summed E-state index contributed by atoms with van der Waals surface area (Å²) in [5.74, 6) is -1.46. The Kier molecular flexibility index (Phi) is 5.47. The summed E-state index contributed by atoms with van der Waals surface area (Å²) in [7, 11) is 0. The first kappa shape index (κ1) is 20.6. The van der Waals surface area contributed by atoms with E-state index in [2.05, 4.69) is 6.92 Å². The fourth-order valence-electron chi connectivity index (χ4n) is 4.05. The number of amides is 1. The lowest BCUT2D eigenvalue weighted by atomic mass is 9.92. The number of hydrogen-bond acceptors (Lipinski definition) is 3. The number of aryl methyl sites for hydroxylation is 3. The Morgan fingerprint density at radius 2 is 1.55 bits per heavy atom. The van der Waals surface area contributed by atoms with Gasteiger partial charge < -0.3 is 5.11 Å². The van der Waals surface area contributed by atoms with Crippen LogP contribution < -0.4 is 4.90 Å². The van der Waals surface area contributed by atoms with Crippen molar-refractivity contribution in [3.63, 3.8) is 0 Å². The number of carbonyl (C=O) groups excluding carboxylic acids is 2. The van der Waals surface area contributed by atoms with Crippen molar-refractivity contribution in [3.8, 4) is 0 Å². The smallest absolute Gasteiger partial charge is 0.300 e. The molecule has 0 radical (unpaired) electrons. The normalized spacial score (nSPS) is 17.9. The number of ketones is 1. The zero-order valence-corrected chi connectivity index (χ0v) is 17.9. The Hall–Kier alpha value is -3.66. The van der Waals surface area contributed by atoms with Crippen LogP contribution in [0.4, 0.5) is 5.69 Å². The van der Waals surface area contributed by atoms with Crippen molar-refractivity contribution in [1.82, 2.24) is 0 Å². The van der Waals surface area contributed by atoms with Crippen LogP contribution in [0.3, 0.4) is 0 Å². The first-order valence-electron chi connectivity index (χ1n) is 10.4. The summed E-state index contributed by atoms with van der Waals surface area (Å²) in [6, 6.07) is 21.9. The number of carbonyl (C=O) groups is 2. The number of rotatable bonds is 4. The van der Waals surface area contributed by atoms with Crippen LogP contribution in [0.15, 0.2) is 78.4 Å². The average Bonchev–Trinajstić information content (AvgIpc) is 3.05. The first-order valence-corrected chi connectivity index (χ1v) is 10.4. The van der Waals surface area contributed by atoms with E-state index in [0.29, 0.717) is 11.3 Å². The standard InChI is InChI=1S/C27H25NO3/c1-4-19-11-13-20(14-12-19)25(29)23-24(22-8-6-5-7-18(22)3)28(27(31)26(23)30)21-15-9-17(2)10-16-21/h5-16,24,29H,4H2,1-3H3/b25-23-. The van der Waals surface area contributed by atoms with Gasteiger partial charge in [-0.2, -0.15) is 0 Å². The van der Waals surface area contributed by atoms with Gasteiger partial charge in [0.15, 0.2) is 0 Å². The van der Waals surface area contributed by atoms with Crippen LogP contribution >= 0.6 is 0 Å². The quantitative estimate of drug-likeness (QED) is 0.351. The van der Waals surface area contributed by atoms with Crippen LogP contribution in [0.5, 0.6) is 0 Å². The fourth-order valence-corrected chi connectivity index (χ4v) is 4.05. The summed E-state index contributed by atoms with van der Waals surface area (Å²) in [6.07, 6.45) is 0.877. The third-order valence-electron chi connectivity index (χ3n) is 5.88. The highest BCUT2D eigenvalue weighted by atomic mass is 16.3. The van der Waals surface area contributed by atoms with Gasteiger partial charge in [0, 0.05) is 11.3 Å². The third-order valence-corrected chi connectivity index (χ3v) is 5.88. The fraction of sp³-hybridized carbons (Fsp3) is 0.185. The van der Waals surface area contributed by atoms with Crippen LogP contribution in [0.2, 0.25) is 0 Å². The number of anilines is 1. The maximum absolute atomic E-state index is 13.2. The van der Waals surface area contributed by atoms with Gasteiger partial charge in [0.1, 0.15) is 5.76 Å². The lowest BCUT2D eigenvalue weighted by molar-refractivity contribution is -0.132. The zero-order valence-electron chi connectivity index (χ0n) is 17.9. The number of Topliss-reactive ketones (excluding diaryl/α,β-unsaturated/α-hetero) is 1. The summed E-state index contributed by atoms with van der Waals surface area (Å²) in [6.45, 7) is 5.97. The molecule has 4 heteroatoms. The lowest BCUT2D eigenvalue weighted by Gasteiger charge is -2.26. The van der Waals surface area contributed by atoms with E-state index in [9.17, 15) is 14.7 Å². The SMILES string of the molecule is CCc1ccc(/C(O)=C2/C(=O)C(=O)N(c3ccc(C)cc3)C2c2ccccc2C)cc1. The molecule has 1 fully saturated rings. The molecule has 1 saturated heterocycles. The van der Waals surface area contributed by atoms with Crippen molar-refractivity contribution in [2.75, 3.05) is 4.90 Å². The summed E-state index contributed by atoms with van der Waals surface area (Å²) >= 11 is 0. The van der Waals surface area contributed by atoms with Crippen molar-refractivity contribution in [1.29, 1.82) is 0 Å². The van der Waals surface area contributed by atoms with Gasteiger partial charge in [-0.3, -0.25) is 14.5 Å². The Bertz CT molecular complexity index is 1170. The van der Waals surface area contributed by atoms with E-state index in [1.807, 2.05) is 74.5 Å². The van der Waals surface area contributed by atoms with Gasteiger partial charge in [-0.25, -0.2) is 0 Å². The van der Waals surface area contributed by atoms with E-state index in [1.165, 1.54) is 4.90 Å². The molecule has 4 rings (SSSR count). The van der Waals surface area contributed by atoms with Crippen LogP contribution in [0.1, 0.15) is 40.8 Å². The molecule has 0 saturated carbocycles. The highest BCUT2D eigenvalue weighted by Crippen LogP contribution is 2.43. The van der Waals surface area contributed by atoms with Gasteiger partial charge in [0.25, 0.3) is 11.7 Å². The largest absolute Gasteiger partial charge is 0.507 e. The Morgan fingerprint density at radius 3 is 2.16 bits per heavy atom. The second-order valence-electron chi connectivity index (χ2n) is 7.91. The Morgan fingerprint density at radius 1 is 0.903 bits per heavy atom. The number of aliphatic hydroxyl groups is 1. The van der Waals surface area contributed by atoms with E-state index in [4.69, 9.17) is 0 Å². The molecule has 3 aromatic carbocycles. The molecule has 0 aliphatic carbocycles. The molecule has 3 aromatic rings. The van der Waals surface area contributed by atoms with E-state index in [-0.39, 0.29) is 11.3 Å². The third kappa shape index (κ3) is 3.66. The molecule has 31 heavy (non-hydrogen) atoms. The van der Waals surface area contributed by atoms with Gasteiger partial charge in [0.2, 0.25) is 0 Å². The van der Waals surface area contributed by atoms with Crippen LogP contribution in [0, 0.1) is 13.8 Å². The van der Waals surface area contributed by atoms with E-state index in [0.717, 1.165) is 28.7 Å². The Labute approximate surface area is 182 Å². The van der Waals surface area contributed by atoms with Crippen molar-refractivity contribution in [2.24, 2.45) is 0 Å². The maximum Gasteiger partial charge on any atom is 0.300 e. The van der Waals surface area contributed by atoms with Crippen molar-refractivity contribution in [3.05, 3.63) is 106 Å². The van der Waals surface area contributed by atoms with Crippen LogP contribution in [0.25, 0.3) is 5.76 Å². The lowest BCUT2D eigenvalue weighted by Crippen LogP contribution is -2.29. The van der Waals surface area contributed by atoms with Gasteiger partial charge in [0.05, 0.1) is 11.6 Å². The van der Waals surface area contributed by atoms with Crippen molar-refractivity contribution in [2.45, 2.75) is 33.2 Å². The van der Waals surface area contributed by atoms with Crippen LogP contribution in [-0.2, 0) is 16.0 Å². The van der Waals surface area contributed by atoms with Gasteiger partial charge in [-0.15, -0.1) is 0 Å². The molecule has 0 aromatic heterocycles. The molecule has 1 atom stereocenters. The minimum Gasteiger partial charge on any atom is -0.507 e. The summed E-state index contributed by atoms with van der Waals surface area (Å²) in [4.78, 5) is 27.8. The molecule has 1 heterocycles. The number of hydrogen-bond donors (Lipinski definition) is 1. The highest BCUT2D eigenvalue weighted by Gasteiger charge is 2.47. The predicted octanol–water partition coefficient (Wildman–Crippen LogP) is 5.49. The van der Waals surface area contributed by atoms with E-state index >= 15 is 0 Å². The number of nitrogens with zero attached hydrogens (tertiary/aromatic N) is 1. The Balaban J connectivity index is 1.94. The molecule has 4 nitrogen and oxygen atoms in total. The molecule has 1 unspecified atom stereocenters. The highest BCUT2D eigenvalue weighted by molar-refractivity contribution is 6.51. The molecule has 1 aliphatic heterocycles. The summed E-state index contributed by atoms with van der Waals surface area (Å²) in [5, 5.41) is 11.2. The number of benzene rings is 3. The summed E-state index contributed by atoms with van der Waals surface area (Å²) in [5.41, 5.74) is 5.21. The van der Waals surface area contributed by atoms with Crippen molar-refractivity contribution < 1.29 is 14.7 Å². The average molecular weight is 412 g/mol. The minimum atomic E-state index is -0.699. The first-order chi connectivity index (χ1) is 14.9. The molecular weight excluding hydrogens is 386 g/mol. The monoisotopic (exact) mass is 411 g/mol. The second kappa shape index (κ2) is 8.23. The maximum atomic E-state index is 13.2.